The average molecular weight is 221 g/mol. The fraction of sp³-hybridized carbons (Fsp3) is 0.714. The molecule has 0 saturated carbocycles. The first-order valence-electron chi connectivity index (χ1n) is 3.12. The Labute approximate surface area is 59.9 Å². The second-order valence-electron chi connectivity index (χ2n) is 1.91. The van der Waals surface area contributed by atoms with E-state index in [2.05, 4.69) is 27.4 Å². The quantitative estimate of drug-likeness (QED) is 0.642. The van der Waals surface area contributed by atoms with E-state index in [1.165, 1.54) is 12.3 Å². The topological polar surface area (TPSA) is 0 Å². The standard InChI is InChI=1S/C3H5.2C2H5.Sb/c1-3-2;2*1-2;/h1H2,2H3;2*1H2,2H3;. The first-order chi connectivity index (χ1) is 3.72. The van der Waals surface area contributed by atoms with Crippen LogP contribution in [0.5, 0.6) is 0 Å². The van der Waals surface area contributed by atoms with Gasteiger partial charge in [-0.15, -0.1) is 0 Å². The van der Waals surface area contributed by atoms with Gasteiger partial charge in [0.15, 0.2) is 0 Å². The molecule has 0 atom stereocenters. The predicted molar refractivity (Wildman–Crippen MR) is 41.5 cm³/mol. The molecule has 0 aliphatic heterocycles. The van der Waals surface area contributed by atoms with Crippen LogP contribution in [0.4, 0.5) is 0 Å². The third-order valence-electron chi connectivity index (χ3n) is 1.30. The summed E-state index contributed by atoms with van der Waals surface area (Å²) in [6, 6.07) is 0. The zero-order chi connectivity index (χ0) is 6.57. The van der Waals surface area contributed by atoms with Crippen LogP contribution in [0, 0.1) is 0 Å². The van der Waals surface area contributed by atoms with Crippen molar-refractivity contribution in [3.63, 3.8) is 0 Å². The van der Waals surface area contributed by atoms with E-state index >= 15 is 0 Å². The van der Waals surface area contributed by atoms with Gasteiger partial charge in [0.05, 0.1) is 0 Å². The van der Waals surface area contributed by atoms with Gasteiger partial charge in [-0.1, -0.05) is 0 Å². The molecule has 1 heteroatoms. The Kier molecular flexibility index (Phi) is 4.75. The number of rotatable bonds is 3. The summed E-state index contributed by atoms with van der Waals surface area (Å²) in [6.45, 7) is 10.8. The van der Waals surface area contributed by atoms with Crippen molar-refractivity contribution in [2.24, 2.45) is 0 Å². The van der Waals surface area contributed by atoms with Crippen LogP contribution in [0.25, 0.3) is 0 Å². The van der Waals surface area contributed by atoms with E-state index in [-0.39, 0.29) is 0 Å². The molecule has 8 heavy (non-hydrogen) atoms. The molecule has 0 aliphatic carbocycles. The SMILES string of the molecule is C=[C](C)[Sb]([CH2]C)[CH2]C. The molecule has 0 fully saturated rings. The Morgan fingerprint density at radius 3 is 1.75 bits per heavy atom. The van der Waals surface area contributed by atoms with Gasteiger partial charge in [0, 0.05) is 0 Å². The fourth-order valence-electron chi connectivity index (χ4n) is 0.763. The van der Waals surface area contributed by atoms with Gasteiger partial charge in [0.25, 0.3) is 0 Å². The Balaban J connectivity index is 3.52. The van der Waals surface area contributed by atoms with Gasteiger partial charge >= 0.3 is 59.8 Å². The molecular weight excluding hydrogens is 206 g/mol. The van der Waals surface area contributed by atoms with Gasteiger partial charge in [-0.3, -0.25) is 0 Å². The first kappa shape index (κ1) is 8.56. The van der Waals surface area contributed by atoms with Crippen molar-refractivity contribution >= 4 is 20.2 Å². The molecule has 0 unspecified atom stereocenters. The van der Waals surface area contributed by atoms with Crippen molar-refractivity contribution < 1.29 is 0 Å². The molecular formula is C7H15Sb. The van der Waals surface area contributed by atoms with Crippen molar-refractivity contribution in [1.82, 2.24) is 0 Å². The summed E-state index contributed by atoms with van der Waals surface area (Å²) in [5.41, 5.74) is 0. The van der Waals surface area contributed by atoms with Gasteiger partial charge in [0.2, 0.25) is 0 Å². The van der Waals surface area contributed by atoms with Crippen molar-refractivity contribution in [3.05, 3.63) is 10.1 Å². The summed E-state index contributed by atoms with van der Waals surface area (Å²) >= 11 is -0.850. The van der Waals surface area contributed by atoms with Crippen LogP contribution < -0.4 is 0 Å². The summed E-state index contributed by atoms with van der Waals surface area (Å²) in [4.78, 5) is 0. The fourth-order valence-corrected chi connectivity index (χ4v) is 5.12. The molecule has 48 valence electrons. The van der Waals surface area contributed by atoms with E-state index in [1.807, 2.05) is 0 Å². The van der Waals surface area contributed by atoms with E-state index < -0.39 is 20.2 Å². The normalized spacial score (nSPS) is 10.0. The second kappa shape index (κ2) is 4.44. The number of hydrogen-bond acceptors (Lipinski definition) is 0. The maximum absolute atomic E-state index is 3.98. The van der Waals surface area contributed by atoms with Crippen LogP contribution in [-0.2, 0) is 0 Å². The molecule has 0 bridgehead atoms. The molecule has 0 saturated heterocycles. The second-order valence-corrected chi connectivity index (χ2v) is 10.8. The number of allylic oxidation sites excluding steroid dienone is 1. The molecule has 0 aliphatic rings. The van der Waals surface area contributed by atoms with E-state index in [4.69, 9.17) is 0 Å². The first-order valence-corrected chi connectivity index (χ1v) is 8.01. The molecule has 0 radical (unpaired) electrons. The van der Waals surface area contributed by atoms with Crippen LogP contribution >= 0.6 is 0 Å². The van der Waals surface area contributed by atoms with E-state index in [0.717, 1.165) is 0 Å². The summed E-state index contributed by atoms with van der Waals surface area (Å²) < 4.78 is 4.36. The van der Waals surface area contributed by atoms with Crippen LogP contribution in [0.3, 0.4) is 0 Å². The van der Waals surface area contributed by atoms with Crippen molar-refractivity contribution in [1.29, 1.82) is 0 Å². The Bertz CT molecular complexity index is 72.5. The Morgan fingerprint density at radius 1 is 1.38 bits per heavy atom. The van der Waals surface area contributed by atoms with E-state index in [1.54, 1.807) is 0 Å². The summed E-state index contributed by atoms with van der Waals surface area (Å²) in [7, 11) is 0. The molecule has 0 rings (SSSR count). The third kappa shape index (κ3) is 2.77. The van der Waals surface area contributed by atoms with Crippen molar-refractivity contribution in [3.8, 4) is 0 Å². The van der Waals surface area contributed by atoms with Crippen LogP contribution in [-0.4, -0.2) is 20.2 Å². The molecule has 0 aromatic heterocycles. The van der Waals surface area contributed by atoms with Gasteiger partial charge in [-0.25, -0.2) is 0 Å². The maximum atomic E-state index is 3.98. The predicted octanol–water partition coefficient (Wildman–Crippen LogP) is 2.64. The third-order valence-corrected chi connectivity index (χ3v) is 8.74. The van der Waals surface area contributed by atoms with Gasteiger partial charge in [-0.05, 0) is 0 Å². The van der Waals surface area contributed by atoms with Gasteiger partial charge < -0.3 is 0 Å². The minimum absolute atomic E-state index is 0.850. The Hall–Kier alpha value is 0.558. The zero-order valence-electron chi connectivity index (χ0n) is 6.07. The van der Waals surface area contributed by atoms with Crippen molar-refractivity contribution in [2.75, 3.05) is 0 Å². The molecule has 0 nitrogen and oxygen atoms in total. The molecule has 0 spiro atoms. The molecule has 0 N–H and O–H groups in total. The van der Waals surface area contributed by atoms with E-state index in [9.17, 15) is 0 Å². The van der Waals surface area contributed by atoms with E-state index in [0.29, 0.717) is 0 Å². The van der Waals surface area contributed by atoms with Gasteiger partial charge in [0.1, 0.15) is 0 Å². The van der Waals surface area contributed by atoms with Crippen molar-refractivity contribution in [2.45, 2.75) is 29.5 Å². The molecule has 0 heterocycles. The van der Waals surface area contributed by atoms with Crippen LogP contribution in [0.15, 0.2) is 10.1 Å². The molecule has 0 aromatic rings. The summed E-state index contributed by atoms with van der Waals surface area (Å²) in [5, 5.41) is 0. The monoisotopic (exact) mass is 220 g/mol. The summed E-state index contributed by atoms with van der Waals surface area (Å²) in [6.07, 6.45) is 0. The summed E-state index contributed by atoms with van der Waals surface area (Å²) in [5.74, 6) is 0. The molecule has 0 aromatic carbocycles. The van der Waals surface area contributed by atoms with Crippen LogP contribution in [0.2, 0.25) is 8.73 Å². The zero-order valence-corrected chi connectivity index (χ0v) is 8.62. The van der Waals surface area contributed by atoms with Crippen LogP contribution in [0.1, 0.15) is 20.8 Å². The number of hydrogen-bond donors (Lipinski definition) is 0. The Morgan fingerprint density at radius 2 is 1.75 bits per heavy atom. The molecule has 0 amide bonds. The van der Waals surface area contributed by atoms with Gasteiger partial charge in [-0.2, -0.15) is 0 Å². The average Bonchev–Trinajstić information content (AvgIpc) is 1.69. The minimum atomic E-state index is -0.850.